The number of ether oxygens (including phenoxy) is 1. The van der Waals surface area contributed by atoms with Gasteiger partial charge >= 0.3 is 0 Å². The molecule has 4 nitrogen and oxygen atoms in total. The van der Waals surface area contributed by atoms with Gasteiger partial charge in [-0.2, -0.15) is 0 Å². The van der Waals surface area contributed by atoms with Crippen molar-refractivity contribution in [3.8, 4) is 0 Å². The molecule has 2 unspecified atom stereocenters. The van der Waals surface area contributed by atoms with E-state index in [4.69, 9.17) is 14.9 Å². The van der Waals surface area contributed by atoms with E-state index < -0.39 is 0 Å². The Labute approximate surface area is 79.9 Å². The summed E-state index contributed by atoms with van der Waals surface area (Å²) >= 11 is 0. The van der Waals surface area contributed by atoms with E-state index in [1.54, 1.807) is 14.0 Å². The van der Waals surface area contributed by atoms with Crippen LogP contribution in [0.15, 0.2) is 0 Å². The number of methoxy groups -OCH3 is 1. The van der Waals surface area contributed by atoms with Gasteiger partial charge in [-0.15, -0.1) is 0 Å². The standard InChI is InChI=1S/C9H21NO3/c1-8(12)3-5-10-9(4-6-11)7-13-2/h8-12H,3-7H2,1-2H3. The van der Waals surface area contributed by atoms with Crippen LogP contribution in [0.3, 0.4) is 0 Å². The molecular formula is C9H21NO3. The van der Waals surface area contributed by atoms with Gasteiger partial charge in [0.1, 0.15) is 0 Å². The summed E-state index contributed by atoms with van der Waals surface area (Å²) in [5.74, 6) is 0. The lowest BCUT2D eigenvalue weighted by Crippen LogP contribution is -2.35. The Balaban J connectivity index is 3.44. The third kappa shape index (κ3) is 8.18. The zero-order chi connectivity index (χ0) is 10.1. The molecule has 0 aliphatic carbocycles. The van der Waals surface area contributed by atoms with Crippen LogP contribution in [0, 0.1) is 0 Å². The molecule has 0 aromatic carbocycles. The molecule has 0 radical (unpaired) electrons. The third-order valence-electron chi connectivity index (χ3n) is 1.84. The Morgan fingerprint density at radius 2 is 2.08 bits per heavy atom. The summed E-state index contributed by atoms with van der Waals surface area (Å²) in [5.41, 5.74) is 0. The van der Waals surface area contributed by atoms with Crippen LogP contribution in [-0.4, -0.2) is 49.2 Å². The first-order valence-electron chi connectivity index (χ1n) is 4.72. The van der Waals surface area contributed by atoms with Gasteiger partial charge in [-0.1, -0.05) is 0 Å². The molecular weight excluding hydrogens is 170 g/mol. The van der Waals surface area contributed by atoms with Crippen molar-refractivity contribution in [1.82, 2.24) is 5.32 Å². The number of rotatable bonds is 8. The van der Waals surface area contributed by atoms with Crippen molar-refractivity contribution < 1.29 is 14.9 Å². The lowest BCUT2D eigenvalue weighted by Gasteiger charge is -2.17. The molecule has 0 bridgehead atoms. The van der Waals surface area contributed by atoms with Gasteiger partial charge in [0.15, 0.2) is 0 Å². The van der Waals surface area contributed by atoms with E-state index in [2.05, 4.69) is 5.32 Å². The monoisotopic (exact) mass is 191 g/mol. The van der Waals surface area contributed by atoms with Gasteiger partial charge < -0.3 is 20.3 Å². The zero-order valence-corrected chi connectivity index (χ0v) is 8.49. The van der Waals surface area contributed by atoms with Crippen molar-refractivity contribution in [3.05, 3.63) is 0 Å². The summed E-state index contributed by atoms with van der Waals surface area (Å²) in [6, 6.07) is 0.189. The van der Waals surface area contributed by atoms with Crippen molar-refractivity contribution in [3.63, 3.8) is 0 Å². The highest BCUT2D eigenvalue weighted by molar-refractivity contribution is 4.66. The van der Waals surface area contributed by atoms with Gasteiger partial charge in [-0.05, 0) is 26.3 Å². The predicted molar refractivity (Wildman–Crippen MR) is 51.7 cm³/mol. The first kappa shape index (κ1) is 12.8. The second-order valence-electron chi connectivity index (χ2n) is 3.26. The van der Waals surface area contributed by atoms with E-state index in [-0.39, 0.29) is 18.8 Å². The second-order valence-corrected chi connectivity index (χ2v) is 3.26. The Hall–Kier alpha value is -0.160. The highest BCUT2D eigenvalue weighted by Gasteiger charge is 2.06. The van der Waals surface area contributed by atoms with Crippen LogP contribution < -0.4 is 5.32 Å². The van der Waals surface area contributed by atoms with E-state index in [0.717, 1.165) is 13.0 Å². The molecule has 80 valence electrons. The Morgan fingerprint density at radius 3 is 2.54 bits per heavy atom. The highest BCUT2D eigenvalue weighted by atomic mass is 16.5. The van der Waals surface area contributed by atoms with Gasteiger partial charge in [0.05, 0.1) is 12.7 Å². The van der Waals surface area contributed by atoms with Crippen molar-refractivity contribution in [2.45, 2.75) is 31.9 Å². The summed E-state index contributed by atoms with van der Waals surface area (Å²) in [4.78, 5) is 0. The number of aliphatic hydroxyl groups excluding tert-OH is 2. The van der Waals surface area contributed by atoms with Crippen LogP contribution in [0.2, 0.25) is 0 Å². The van der Waals surface area contributed by atoms with E-state index in [0.29, 0.717) is 13.0 Å². The van der Waals surface area contributed by atoms with Gasteiger partial charge in [0.2, 0.25) is 0 Å². The smallest absolute Gasteiger partial charge is 0.0616 e. The van der Waals surface area contributed by atoms with Crippen LogP contribution in [0.4, 0.5) is 0 Å². The molecule has 0 fully saturated rings. The molecule has 0 rings (SSSR count). The van der Waals surface area contributed by atoms with E-state index in [9.17, 15) is 0 Å². The summed E-state index contributed by atoms with van der Waals surface area (Å²) in [5, 5.41) is 20.9. The summed E-state index contributed by atoms with van der Waals surface area (Å²) in [6.07, 6.45) is 1.14. The molecule has 2 atom stereocenters. The average Bonchev–Trinajstić information content (AvgIpc) is 2.04. The Bertz CT molecular complexity index is 103. The fraction of sp³-hybridized carbons (Fsp3) is 1.00. The van der Waals surface area contributed by atoms with E-state index >= 15 is 0 Å². The molecule has 0 aliphatic rings. The molecule has 13 heavy (non-hydrogen) atoms. The minimum absolute atomic E-state index is 0.162. The Kier molecular flexibility index (Phi) is 8.33. The van der Waals surface area contributed by atoms with Gasteiger partial charge in [-0.25, -0.2) is 0 Å². The third-order valence-corrected chi connectivity index (χ3v) is 1.84. The quantitative estimate of drug-likeness (QED) is 0.495. The minimum Gasteiger partial charge on any atom is -0.396 e. The number of aliphatic hydroxyl groups is 2. The lowest BCUT2D eigenvalue weighted by atomic mass is 10.2. The maximum absolute atomic E-state index is 9.00. The normalized spacial score (nSPS) is 15.7. The Morgan fingerprint density at radius 1 is 1.38 bits per heavy atom. The van der Waals surface area contributed by atoms with E-state index in [1.807, 2.05) is 0 Å². The molecule has 0 aromatic heterocycles. The summed E-state index contributed by atoms with van der Waals surface area (Å²) in [7, 11) is 1.64. The molecule has 0 aromatic rings. The highest BCUT2D eigenvalue weighted by Crippen LogP contribution is 1.93. The van der Waals surface area contributed by atoms with Crippen LogP contribution in [0.1, 0.15) is 19.8 Å². The fourth-order valence-electron chi connectivity index (χ4n) is 1.10. The second kappa shape index (κ2) is 8.44. The van der Waals surface area contributed by atoms with Gasteiger partial charge in [-0.3, -0.25) is 0 Å². The first-order chi connectivity index (χ1) is 6.20. The number of hydrogen-bond acceptors (Lipinski definition) is 4. The number of hydrogen-bond donors (Lipinski definition) is 3. The van der Waals surface area contributed by atoms with Gasteiger partial charge in [0, 0.05) is 19.8 Å². The van der Waals surface area contributed by atoms with Crippen molar-refractivity contribution in [1.29, 1.82) is 0 Å². The first-order valence-corrected chi connectivity index (χ1v) is 4.72. The van der Waals surface area contributed by atoms with Crippen molar-refractivity contribution in [2.24, 2.45) is 0 Å². The van der Waals surface area contributed by atoms with Crippen LogP contribution in [-0.2, 0) is 4.74 Å². The van der Waals surface area contributed by atoms with Crippen LogP contribution >= 0.6 is 0 Å². The summed E-state index contributed by atoms with van der Waals surface area (Å²) < 4.78 is 4.98. The topological polar surface area (TPSA) is 61.7 Å². The molecule has 4 heteroatoms. The maximum Gasteiger partial charge on any atom is 0.0616 e. The van der Waals surface area contributed by atoms with Crippen LogP contribution in [0.25, 0.3) is 0 Å². The van der Waals surface area contributed by atoms with E-state index in [1.165, 1.54) is 0 Å². The molecule has 0 aliphatic heterocycles. The molecule has 0 spiro atoms. The minimum atomic E-state index is -0.273. The molecule has 3 N–H and O–H groups in total. The maximum atomic E-state index is 9.00. The largest absolute Gasteiger partial charge is 0.396 e. The molecule has 0 heterocycles. The lowest BCUT2D eigenvalue weighted by molar-refractivity contribution is 0.141. The zero-order valence-electron chi connectivity index (χ0n) is 8.49. The van der Waals surface area contributed by atoms with Crippen molar-refractivity contribution in [2.75, 3.05) is 26.9 Å². The van der Waals surface area contributed by atoms with Crippen LogP contribution in [0.5, 0.6) is 0 Å². The molecule has 0 amide bonds. The molecule has 0 saturated carbocycles. The summed E-state index contributed by atoms with van der Waals surface area (Å²) in [6.45, 7) is 3.28. The van der Waals surface area contributed by atoms with Gasteiger partial charge in [0.25, 0.3) is 0 Å². The van der Waals surface area contributed by atoms with Crippen molar-refractivity contribution >= 4 is 0 Å². The average molecular weight is 191 g/mol. The number of nitrogens with one attached hydrogen (secondary N) is 1. The fourth-order valence-corrected chi connectivity index (χ4v) is 1.10. The predicted octanol–water partition coefficient (Wildman–Crippen LogP) is -0.256. The molecule has 0 saturated heterocycles. The SMILES string of the molecule is COCC(CCO)NCCC(C)O.